The normalized spacial score (nSPS) is 9.25. The van der Waals surface area contributed by atoms with E-state index < -0.39 is 0 Å². The van der Waals surface area contributed by atoms with E-state index in [1.165, 1.54) is 5.56 Å². The lowest BCUT2D eigenvalue weighted by Crippen LogP contribution is -2.04. The molecule has 0 radical (unpaired) electrons. The summed E-state index contributed by atoms with van der Waals surface area (Å²) in [6.45, 7) is 2.92. The maximum atomic E-state index is 5.86. The number of nitrogens with one attached hydrogen (secondary N) is 1. The van der Waals surface area contributed by atoms with E-state index in [9.17, 15) is 0 Å². The molecule has 1 aromatic rings. The first-order chi connectivity index (χ1) is 5.24. The van der Waals surface area contributed by atoms with Crippen LogP contribution >= 0.6 is 24.0 Å². The van der Waals surface area contributed by atoms with Crippen molar-refractivity contribution < 1.29 is 0 Å². The predicted octanol–water partition coefficient (Wildman–Crippen LogP) is 2.79. The number of hydrogen-bond donors (Lipinski definition) is 1. The van der Waals surface area contributed by atoms with Gasteiger partial charge in [-0.1, -0.05) is 23.7 Å². The van der Waals surface area contributed by atoms with E-state index in [2.05, 4.69) is 11.4 Å². The quantitative estimate of drug-likeness (QED) is 0.784. The molecule has 0 amide bonds. The summed E-state index contributed by atoms with van der Waals surface area (Å²) in [5, 5.41) is 3.93. The molecule has 0 aliphatic rings. The number of hydrogen-bond acceptors (Lipinski definition) is 1. The lowest BCUT2D eigenvalue weighted by atomic mass is 10.1. The number of benzene rings is 1. The van der Waals surface area contributed by atoms with Crippen molar-refractivity contribution in [3.8, 4) is 0 Å². The summed E-state index contributed by atoms with van der Waals surface area (Å²) in [4.78, 5) is 0. The van der Waals surface area contributed by atoms with Gasteiger partial charge < -0.3 is 5.32 Å². The summed E-state index contributed by atoms with van der Waals surface area (Å²) >= 11 is 5.86. The van der Waals surface area contributed by atoms with Crippen LogP contribution in [0.1, 0.15) is 11.1 Å². The van der Waals surface area contributed by atoms with Gasteiger partial charge in [0.25, 0.3) is 0 Å². The summed E-state index contributed by atoms with van der Waals surface area (Å²) in [6, 6.07) is 6.06. The van der Waals surface area contributed by atoms with Crippen molar-refractivity contribution in [2.24, 2.45) is 0 Å². The molecule has 0 aliphatic carbocycles. The fourth-order valence-electron chi connectivity index (χ4n) is 1.02. The van der Waals surface area contributed by atoms with Crippen LogP contribution in [0.5, 0.6) is 0 Å². The second kappa shape index (κ2) is 5.41. The Morgan fingerprint density at radius 3 is 2.58 bits per heavy atom. The molecule has 12 heavy (non-hydrogen) atoms. The highest BCUT2D eigenvalue weighted by atomic mass is 35.5. The molecule has 0 spiro atoms. The van der Waals surface area contributed by atoms with Gasteiger partial charge in [-0.25, -0.2) is 0 Å². The average Bonchev–Trinajstić information content (AvgIpc) is 1.98. The lowest BCUT2D eigenvalue weighted by Gasteiger charge is -2.02. The molecule has 0 saturated carbocycles. The van der Waals surface area contributed by atoms with Crippen molar-refractivity contribution in [3.63, 3.8) is 0 Å². The minimum atomic E-state index is 0. The molecular formula is C9H13Cl2N. The van der Waals surface area contributed by atoms with Crippen molar-refractivity contribution in [1.29, 1.82) is 0 Å². The van der Waals surface area contributed by atoms with Gasteiger partial charge in [0.15, 0.2) is 0 Å². The largest absolute Gasteiger partial charge is 0.316 e. The third kappa shape index (κ3) is 3.02. The van der Waals surface area contributed by atoms with Gasteiger partial charge in [0.05, 0.1) is 0 Å². The smallest absolute Gasteiger partial charge is 0.0435 e. The first-order valence-corrected chi connectivity index (χ1v) is 4.01. The first-order valence-electron chi connectivity index (χ1n) is 3.63. The minimum absolute atomic E-state index is 0. The van der Waals surface area contributed by atoms with Crippen LogP contribution in [0, 0.1) is 6.92 Å². The molecule has 0 saturated heterocycles. The second-order valence-corrected chi connectivity index (χ2v) is 3.02. The van der Waals surface area contributed by atoms with Gasteiger partial charge in [-0.3, -0.25) is 0 Å². The fraction of sp³-hybridized carbons (Fsp3) is 0.333. The van der Waals surface area contributed by atoms with Crippen molar-refractivity contribution >= 4 is 24.0 Å². The fourth-order valence-corrected chi connectivity index (χ4v) is 1.14. The SMILES string of the molecule is CNCc1ccc(Cl)c(C)c1.Cl. The van der Waals surface area contributed by atoms with Crippen molar-refractivity contribution in [3.05, 3.63) is 34.3 Å². The van der Waals surface area contributed by atoms with Crippen LogP contribution in [0.3, 0.4) is 0 Å². The highest BCUT2D eigenvalue weighted by Gasteiger charge is 1.95. The van der Waals surface area contributed by atoms with E-state index in [0.717, 1.165) is 17.1 Å². The van der Waals surface area contributed by atoms with Crippen LogP contribution in [0.25, 0.3) is 0 Å². The Hall–Kier alpha value is -0.240. The Kier molecular flexibility index (Phi) is 5.31. The summed E-state index contributed by atoms with van der Waals surface area (Å²) < 4.78 is 0. The Morgan fingerprint density at radius 2 is 2.08 bits per heavy atom. The van der Waals surface area contributed by atoms with Gasteiger partial charge in [-0.15, -0.1) is 12.4 Å². The van der Waals surface area contributed by atoms with Gasteiger partial charge in [-0.05, 0) is 31.2 Å². The summed E-state index contributed by atoms with van der Waals surface area (Å²) in [5.74, 6) is 0. The summed E-state index contributed by atoms with van der Waals surface area (Å²) in [7, 11) is 1.93. The van der Waals surface area contributed by atoms with Crippen LogP contribution in [0.2, 0.25) is 5.02 Å². The van der Waals surface area contributed by atoms with E-state index in [-0.39, 0.29) is 12.4 Å². The first kappa shape index (κ1) is 11.8. The zero-order chi connectivity index (χ0) is 8.27. The molecule has 68 valence electrons. The molecule has 3 heteroatoms. The second-order valence-electron chi connectivity index (χ2n) is 2.61. The molecular weight excluding hydrogens is 193 g/mol. The van der Waals surface area contributed by atoms with E-state index in [0.29, 0.717) is 0 Å². The van der Waals surface area contributed by atoms with E-state index in [1.54, 1.807) is 0 Å². The molecule has 0 atom stereocenters. The Balaban J connectivity index is 0.00000121. The molecule has 1 nitrogen and oxygen atoms in total. The molecule has 0 aliphatic heterocycles. The summed E-state index contributed by atoms with van der Waals surface area (Å²) in [5.41, 5.74) is 2.41. The molecule has 1 aromatic carbocycles. The van der Waals surface area contributed by atoms with Crippen LogP contribution in [0.15, 0.2) is 18.2 Å². The zero-order valence-electron chi connectivity index (χ0n) is 7.23. The van der Waals surface area contributed by atoms with Crippen LogP contribution in [-0.4, -0.2) is 7.05 Å². The number of halogens is 2. The molecule has 1 N–H and O–H groups in total. The molecule has 0 aromatic heterocycles. The van der Waals surface area contributed by atoms with E-state index in [1.807, 2.05) is 26.1 Å². The summed E-state index contributed by atoms with van der Waals surface area (Å²) in [6.07, 6.45) is 0. The highest BCUT2D eigenvalue weighted by Crippen LogP contribution is 2.15. The average molecular weight is 206 g/mol. The van der Waals surface area contributed by atoms with E-state index >= 15 is 0 Å². The van der Waals surface area contributed by atoms with Crippen LogP contribution < -0.4 is 5.32 Å². The minimum Gasteiger partial charge on any atom is -0.316 e. The van der Waals surface area contributed by atoms with Gasteiger partial charge in [0.2, 0.25) is 0 Å². The molecule has 0 unspecified atom stereocenters. The molecule has 1 rings (SSSR count). The number of rotatable bonds is 2. The standard InChI is InChI=1S/C9H12ClN.ClH/c1-7-5-8(6-11-2)3-4-9(7)10;/h3-5,11H,6H2,1-2H3;1H. The predicted molar refractivity (Wildman–Crippen MR) is 56.2 cm³/mol. The Morgan fingerprint density at radius 1 is 1.42 bits per heavy atom. The Labute approximate surface area is 84.5 Å². The van der Waals surface area contributed by atoms with Crippen molar-refractivity contribution in [1.82, 2.24) is 5.32 Å². The molecule has 0 fully saturated rings. The van der Waals surface area contributed by atoms with Gasteiger partial charge in [-0.2, -0.15) is 0 Å². The Bertz CT molecular complexity index is 248. The van der Waals surface area contributed by atoms with Crippen LogP contribution in [-0.2, 0) is 6.54 Å². The van der Waals surface area contributed by atoms with Crippen LogP contribution in [0.4, 0.5) is 0 Å². The van der Waals surface area contributed by atoms with Crippen molar-refractivity contribution in [2.75, 3.05) is 7.05 Å². The maximum absolute atomic E-state index is 5.86. The van der Waals surface area contributed by atoms with Crippen molar-refractivity contribution in [2.45, 2.75) is 13.5 Å². The molecule has 0 heterocycles. The monoisotopic (exact) mass is 205 g/mol. The molecule has 0 bridgehead atoms. The van der Waals surface area contributed by atoms with Gasteiger partial charge >= 0.3 is 0 Å². The van der Waals surface area contributed by atoms with E-state index in [4.69, 9.17) is 11.6 Å². The maximum Gasteiger partial charge on any atom is 0.0435 e. The highest BCUT2D eigenvalue weighted by molar-refractivity contribution is 6.31. The van der Waals surface area contributed by atoms with Gasteiger partial charge in [0, 0.05) is 11.6 Å². The van der Waals surface area contributed by atoms with Gasteiger partial charge in [0.1, 0.15) is 0 Å². The third-order valence-corrected chi connectivity index (χ3v) is 2.03. The number of aryl methyl sites for hydroxylation is 1. The third-order valence-electron chi connectivity index (χ3n) is 1.60. The lowest BCUT2D eigenvalue weighted by molar-refractivity contribution is 0.817. The topological polar surface area (TPSA) is 12.0 Å². The zero-order valence-corrected chi connectivity index (χ0v) is 8.80.